The standard InChI is InChI=1S/C16H18BNO4/c19-16(12-22-14-9-5-2-6-10-14)18-15(17(20)21)11-13-7-3-1-4-8-13/h1-10,15,20-21H,11-12H2,(H,18,19). The van der Waals surface area contributed by atoms with Crippen LogP contribution in [-0.2, 0) is 11.2 Å². The summed E-state index contributed by atoms with van der Waals surface area (Å²) in [6.07, 6.45) is 0.329. The Morgan fingerprint density at radius 2 is 1.64 bits per heavy atom. The second-order valence-corrected chi connectivity index (χ2v) is 4.88. The minimum atomic E-state index is -1.64. The molecule has 3 N–H and O–H groups in total. The van der Waals surface area contributed by atoms with Gasteiger partial charge < -0.3 is 20.1 Å². The predicted octanol–water partition coefficient (Wildman–Crippen LogP) is 0.805. The van der Waals surface area contributed by atoms with Crippen molar-refractivity contribution in [2.24, 2.45) is 0 Å². The number of nitrogens with one attached hydrogen (secondary N) is 1. The molecule has 0 bridgehead atoms. The zero-order valence-corrected chi connectivity index (χ0v) is 12.1. The first-order chi connectivity index (χ1) is 10.6. The highest BCUT2D eigenvalue weighted by atomic mass is 16.5. The maximum atomic E-state index is 11.9. The fourth-order valence-electron chi connectivity index (χ4n) is 2.01. The lowest BCUT2D eigenvalue weighted by atomic mass is 9.76. The molecule has 0 saturated carbocycles. The summed E-state index contributed by atoms with van der Waals surface area (Å²) < 4.78 is 5.32. The van der Waals surface area contributed by atoms with Crippen LogP contribution in [0.2, 0.25) is 0 Å². The first-order valence-corrected chi connectivity index (χ1v) is 7.02. The highest BCUT2D eigenvalue weighted by Gasteiger charge is 2.25. The van der Waals surface area contributed by atoms with Crippen molar-refractivity contribution in [1.29, 1.82) is 0 Å². The topological polar surface area (TPSA) is 78.8 Å². The van der Waals surface area contributed by atoms with Gasteiger partial charge >= 0.3 is 7.12 Å². The van der Waals surface area contributed by atoms with Gasteiger partial charge in [-0.3, -0.25) is 4.79 Å². The van der Waals surface area contributed by atoms with E-state index in [1.54, 1.807) is 12.1 Å². The van der Waals surface area contributed by atoms with E-state index < -0.39 is 19.0 Å². The zero-order chi connectivity index (χ0) is 15.8. The SMILES string of the molecule is O=C(COc1ccccc1)NC(Cc1ccccc1)B(O)O. The van der Waals surface area contributed by atoms with E-state index in [0.29, 0.717) is 12.2 Å². The van der Waals surface area contributed by atoms with Crippen molar-refractivity contribution in [3.63, 3.8) is 0 Å². The Morgan fingerprint density at radius 3 is 2.23 bits per heavy atom. The largest absolute Gasteiger partial charge is 0.484 e. The van der Waals surface area contributed by atoms with E-state index in [0.717, 1.165) is 5.56 Å². The summed E-state index contributed by atoms with van der Waals surface area (Å²) in [6, 6.07) is 18.3. The lowest BCUT2D eigenvalue weighted by Crippen LogP contribution is -2.49. The van der Waals surface area contributed by atoms with Gasteiger partial charge in [0.1, 0.15) is 5.75 Å². The Morgan fingerprint density at radius 1 is 1.05 bits per heavy atom. The van der Waals surface area contributed by atoms with Gasteiger partial charge in [0.2, 0.25) is 0 Å². The molecule has 22 heavy (non-hydrogen) atoms. The summed E-state index contributed by atoms with van der Waals surface area (Å²) in [5, 5.41) is 21.4. The van der Waals surface area contributed by atoms with Crippen molar-refractivity contribution in [1.82, 2.24) is 5.32 Å². The Kier molecular flexibility index (Phi) is 6.00. The number of hydrogen-bond donors (Lipinski definition) is 3. The summed E-state index contributed by atoms with van der Waals surface area (Å²) in [7, 11) is -1.64. The second kappa shape index (κ2) is 8.21. The van der Waals surface area contributed by atoms with Crippen LogP contribution < -0.4 is 10.1 Å². The number of hydrogen-bond acceptors (Lipinski definition) is 4. The third-order valence-electron chi connectivity index (χ3n) is 3.12. The van der Waals surface area contributed by atoms with Crippen LogP contribution in [0.3, 0.4) is 0 Å². The van der Waals surface area contributed by atoms with Crippen LogP contribution in [0.1, 0.15) is 5.56 Å². The molecule has 0 aliphatic carbocycles. The summed E-state index contributed by atoms with van der Waals surface area (Å²) >= 11 is 0. The van der Waals surface area contributed by atoms with Crippen LogP contribution in [0, 0.1) is 0 Å². The molecular weight excluding hydrogens is 281 g/mol. The van der Waals surface area contributed by atoms with Crippen molar-refractivity contribution in [2.75, 3.05) is 6.61 Å². The third kappa shape index (κ3) is 5.23. The molecule has 2 aromatic carbocycles. The van der Waals surface area contributed by atoms with E-state index in [2.05, 4.69) is 5.32 Å². The summed E-state index contributed by atoms with van der Waals surface area (Å²) in [6.45, 7) is -0.179. The molecule has 114 valence electrons. The summed E-state index contributed by atoms with van der Waals surface area (Å²) in [4.78, 5) is 11.9. The maximum Gasteiger partial charge on any atom is 0.475 e. The number of carbonyl (C=O) groups excluding carboxylic acids is 1. The van der Waals surface area contributed by atoms with Crippen LogP contribution >= 0.6 is 0 Å². The number of rotatable bonds is 7. The minimum absolute atomic E-state index is 0.179. The lowest BCUT2D eigenvalue weighted by molar-refractivity contribution is -0.123. The molecule has 0 saturated heterocycles. The normalized spacial score (nSPS) is 11.5. The molecule has 2 rings (SSSR count). The average Bonchev–Trinajstić information content (AvgIpc) is 2.54. The molecule has 0 radical (unpaired) electrons. The average molecular weight is 299 g/mol. The van der Waals surface area contributed by atoms with Crippen molar-refractivity contribution >= 4 is 13.0 Å². The van der Waals surface area contributed by atoms with E-state index in [4.69, 9.17) is 4.74 Å². The van der Waals surface area contributed by atoms with Crippen molar-refractivity contribution in [2.45, 2.75) is 12.4 Å². The second-order valence-electron chi connectivity index (χ2n) is 4.88. The van der Waals surface area contributed by atoms with E-state index in [9.17, 15) is 14.8 Å². The van der Waals surface area contributed by atoms with Crippen LogP contribution in [0.25, 0.3) is 0 Å². The maximum absolute atomic E-state index is 11.9. The van der Waals surface area contributed by atoms with Gasteiger partial charge in [-0.1, -0.05) is 48.5 Å². The Bertz CT molecular complexity index is 577. The van der Waals surface area contributed by atoms with Crippen molar-refractivity contribution in [3.05, 3.63) is 66.2 Å². The molecule has 0 spiro atoms. The zero-order valence-electron chi connectivity index (χ0n) is 12.1. The first-order valence-electron chi connectivity index (χ1n) is 7.02. The fourth-order valence-corrected chi connectivity index (χ4v) is 2.01. The van der Waals surface area contributed by atoms with Gasteiger partial charge in [-0.2, -0.15) is 0 Å². The van der Waals surface area contributed by atoms with Crippen LogP contribution in [-0.4, -0.2) is 35.6 Å². The summed E-state index contributed by atoms with van der Waals surface area (Å²) in [5.74, 6) is -0.603. The van der Waals surface area contributed by atoms with Crippen LogP contribution in [0.15, 0.2) is 60.7 Å². The number of amides is 1. The molecule has 0 aliphatic rings. The molecule has 0 aliphatic heterocycles. The summed E-state index contributed by atoms with van der Waals surface area (Å²) in [5.41, 5.74) is 0.907. The lowest BCUT2D eigenvalue weighted by Gasteiger charge is -2.18. The van der Waals surface area contributed by atoms with Gasteiger partial charge in [0.05, 0.1) is 5.94 Å². The van der Waals surface area contributed by atoms with E-state index >= 15 is 0 Å². The molecule has 5 nitrogen and oxygen atoms in total. The minimum Gasteiger partial charge on any atom is -0.484 e. The highest BCUT2D eigenvalue weighted by Crippen LogP contribution is 2.08. The quantitative estimate of drug-likeness (QED) is 0.661. The monoisotopic (exact) mass is 299 g/mol. The van der Waals surface area contributed by atoms with E-state index in [1.807, 2.05) is 48.5 Å². The molecular formula is C16H18BNO4. The van der Waals surface area contributed by atoms with Gasteiger partial charge in [-0.25, -0.2) is 0 Å². The van der Waals surface area contributed by atoms with E-state index in [-0.39, 0.29) is 6.61 Å². The van der Waals surface area contributed by atoms with Crippen molar-refractivity contribution < 1.29 is 19.6 Å². The van der Waals surface area contributed by atoms with Crippen LogP contribution in [0.5, 0.6) is 5.75 Å². The molecule has 1 atom stereocenters. The molecule has 0 heterocycles. The van der Waals surface area contributed by atoms with Gasteiger partial charge in [0.15, 0.2) is 6.61 Å². The number of carbonyl (C=O) groups is 1. The smallest absolute Gasteiger partial charge is 0.475 e. The Balaban J connectivity index is 1.86. The fraction of sp³-hybridized carbons (Fsp3) is 0.188. The van der Waals surface area contributed by atoms with Gasteiger partial charge in [0.25, 0.3) is 5.91 Å². The van der Waals surface area contributed by atoms with Crippen molar-refractivity contribution in [3.8, 4) is 5.75 Å². The van der Waals surface area contributed by atoms with Gasteiger partial charge in [-0.05, 0) is 24.1 Å². The molecule has 1 unspecified atom stereocenters. The Labute approximate surface area is 129 Å². The van der Waals surface area contributed by atoms with Gasteiger partial charge in [0, 0.05) is 0 Å². The molecule has 0 fully saturated rings. The molecule has 6 heteroatoms. The highest BCUT2D eigenvalue weighted by molar-refractivity contribution is 6.43. The number of para-hydroxylation sites is 1. The molecule has 1 amide bonds. The first kappa shape index (κ1) is 16.1. The number of benzene rings is 2. The van der Waals surface area contributed by atoms with Crippen LogP contribution in [0.4, 0.5) is 0 Å². The number of ether oxygens (including phenoxy) is 1. The third-order valence-corrected chi connectivity index (χ3v) is 3.12. The van der Waals surface area contributed by atoms with Gasteiger partial charge in [-0.15, -0.1) is 0 Å². The van der Waals surface area contributed by atoms with E-state index in [1.165, 1.54) is 0 Å². The Hall–Kier alpha value is -2.31. The molecule has 0 aromatic heterocycles. The molecule has 2 aromatic rings. The predicted molar refractivity (Wildman–Crippen MR) is 84.2 cm³/mol.